The lowest BCUT2D eigenvalue weighted by Crippen LogP contribution is -2.44. The van der Waals surface area contributed by atoms with E-state index in [9.17, 15) is 0 Å². The van der Waals surface area contributed by atoms with Crippen LogP contribution in [0.4, 0.5) is 0 Å². The molecule has 1 aliphatic carbocycles. The van der Waals surface area contributed by atoms with Crippen molar-refractivity contribution in [3.05, 3.63) is 0 Å². The molecule has 31 heavy (non-hydrogen) atoms. The van der Waals surface area contributed by atoms with Crippen LogP contribution in [-0.4, -0.2) is 4.83 Å². The largest absolute Gasteiger partial charge is 0.0884 e. The Morgan fingerprint density at radius 2 is 1.29 bits per heavy atom. The summed E-state index contributed by atoms with van der Waals surface area (Å²) in [5.41, 5.74) is 1.58. The molecular formula is C30H59Br. The van der Waals surface area contributed by atoms with Crippen molar-refractivity contribution in [1.29, 1.82) is 0 Å². The molecule has 0 aromatic rings. The Labute approximate surface area is 206 Å². The van der Waals surface area contributed by atoms with E-state index in [1.165, 1.54) is 32.1 Å². The standard InChI is InChI=1S/C30H59Br/c1-20(21(2)24(29(9,10)11)15-16-27(3,4)5)17-22-18-23(28(6,7)8)19-25(26(22)31)30(12,13)14/h20-26H,15-19H2,1-14H3. The van der Waals surface area contributed by atoms with E-state index >= 15 is 0 Å². The van der Waals surface area contributed by atoms with Crippen molar-refractivity contribution in [2.75, 3.05) is 0 Å². The van der Waals surface area contributed by atoms with Gasteiger partial charge in [0.05, 0.1) is 0 Å². The maximum atomic E-state index is 4.26. The van der Waals surface area contributed by atoms with Crippen molar-refractivity contribution in [3.63, 3.8) is 0 Å². The third-order valence-corrected chi connectivity index (χ3v) is 10.2. The predicted octanol–water partition coefficient (Wildman–Crippen LogP) is 10.6. The third-order valence-electron chi connectivity index (χ3n) is 8.82. The second-order valence-electron chi connectivity index (χ2n) is 15.9. The van der Waals surface area contributed by atoms with Gasteiger partial charge in [-0.2, -0.15) is 0 Å². The second-order valence-corrected chi connectivity index (χ2v) is 16.9. The average molecular weight is 500 g/mol. The maximum Gasteiger partial charge on any atom is 0.0207 e. The van der Waals surface area contributed by atoms with Gasteiger partial charge in [0.15, 0.2) is 0 Å². The molecule has 0 bridgehead atoms. The normalized spacial score (nSPS) is 29.5. The molecule has 0 spiro atoms. The first kappa shape index (κ1) is 29.5. The summed E-state index contributed by atoms with van der Waals surface area (Å²) in [5, 5.41) is 0. The van der Waals surface area contributed by atoms with E-state index in [4.69, 9.17) is 0 Å². The topological polar surface area (TPSA) is 0 Å². The molecule has 0 radical (unpaired) electrons. The van der Waals surface area contributed by atoms with Crippen LogP contribution in [0.5, 0.6) is 0 Å². The molecule has 1 heteroatoms. The van der Waals surface area contributed by atoms with E-state index in [1.807, 2.05) is 0 Å². The van der Waals surface area contributed by atoms with Gasteiger partial charge in [-0.25, -0.2) is 0 Å². The molecule has 0 aromatic carbocycles. The van der Waals surface area contributed by atoms with Gasteiger partial charge in [0.25, 0.3) is 0 Å². The summed E-state index contributed by atoms with van der Waals surface area (Å²) in [4.78, 5) is 0.656. The molecule has 0 amide bonds. The minimum Gasteiger partial charge on any atom is -0.0884 e. The molecule has 0 aliphatic heterocycles. The molecule has 186 valence electrons. The fourth-order valence-corrected chi connectivity index (χ4v) is 7.72. The first-order valence-electron chi connectivity index (χ1n) is 13.3. The number of hydrogen-bond acceptors (Lipinski definition) is 0. The molecule has 0 nitrogen and oxygen atoms in total. The molecule has 0 aromatic heterocycles. The summed E-state index contributed by atoms with van der Waals surface area (Å²) in [7, 11) is 0. The highest BCUT2D eigenvalue weighted by atomic mass is 79.9. The van der Waals surface area contributed by atoms with Crippen LogP contribution >= 0.6 is 15.9 Å². The minimum atomic E-state index is 0.367. The van der Waals surface area contributed by atoms with Crippen LogP contribution in [0.2, 0.25) is 0 Å². The zero-order chi connectivity index (χ0) is 24.6. The zero-order valence-corrected chi connectivity index (χ0v) is 25.5. The smallest absolute Gasteiger partial charge is 0.0207 e. The Kier molecular flexibility index (Phi) is 9.90. The summed E-state index contributed by atoms with van der Waals surface area (Å²) in [6.07, 6.45) is 6.83. The summed E-state index contributed by atoms with van der Waals surface area (Å²) in [5.74, 6) is 4.71. The fourth-order valence-electron chi connectivity index (χ4n) is 6.28. The van der Waals surface area contributed by atoms with Crippen molar-refractivity contribution in [3.8, 4) is 0 Å². The first-order valence-corrected chi connectivity index (χ1v) is 14.2. The number of rotatable bonds is 6. The van der Waals surface area contributed by atoms with Gasteiger partial charge in [-0.3, -0.25) is 0 Å². The van der Waals surface area contributed by atoms with Crippen LogP contribution in [0.15, 0.2) is 0 Å². The van der Waals surface area contributed by atoms with E-state index < -0.39 is 0 Å². The van der Waals surface area contributed by atoms with E-state index in [0.29, 0.717) is 26.5 Å². The predicted molar refractivity (Wildman–Crippen MR) is 146 cm³/mol. The highest BCUT2D eigenvalue weighted by molar-refractivity contribution is 9.09. The SMILES string of the molecule is CC(CC1CC(C(C)(C)C)CC(C(C)(C)C)C1Br)C(C)C(CCC(C)(C)C)C(C)(C)C. The van der Waals surface area contributed by atoms with Gasteiger partial charge in [0.1, 0.15) is 0 Å². The Morgan fingerprint density at radius 3 is 1.68 bits per heavy atom. The van der Waals surface area contributed by atoms with Gasteiger partial charge in [0.2, 0.25) is 0 Å². The molecule has 7 atom stereocenters. The fraction of sp³-hybridized carbons (Fsp3) is 1.00. The zero-order valence-electron chi connectivity index (χ0n) is 24.0. The van der Waals surface area contributed by atoms with E-state index in [-0.39, 0.29) is 0 Å². The molecule has 1 rings (SSSR count). The van der Waals surface area contributed by atoms with Gasteiger partial charge in [-0.1, -0.05) is 113 Å². The van der Waals surface area contributed by atoms with Crippen molar-refractivity contribution in [1.82, 2.24) is 0 Å². The lowest BCUT2D eigenvalue weighted by Gasteiger charge is -2.50. The van der Waals surface area contributed by atoms with Crippen LogP contribution in [-0.2, 0) is 0 Å². The first-order chi connectivity index (χ1) is 13.6. The van der Waals surface area contributed by atoms with Crippen LogP contribution in [0.3, 0.4) is 0 Å². The van der Waals surface area contributed by atoms with Gasteiger partial charge < -0.3 is 0 Å². The summed E-state index contributed by atoms with van der Waals surface area (Å²) in [6.45, 7) is 34.5. The molecule has 1 saturated carbocycles. The second kappa shape index (κ2) is 10.4. The molecule has 0 N–H and O–H groups in total. The van der Waals surface area contributed by atoms with E-state index in [1.54, 1.807) is 0 Å². The minimum absolute atomic E-state index is 0.367. The van der Waals surface area contributed by atoms with Crippen molar-refractivity contribution < 1.29 is 0 Å². The van der Waals surface area contributed by atoms with Crippen molar-refractivity contribution >= 4 is 15.9 Å². The maximum absolute atomic E-state index is 4.26. The Morgan fingerprint density at radius 1 is 0.774 bits per heavy atom. The Bertz CT molecular complexity index is 533. The van der Waals surface area contributed by atoms with Crippen LogP contribution in [0, 0.1) is 57.2 Å². The highest BCUT2D eigenvalue weighted by Gasteiger charge is 2.45. The molecular weight excluding hydrogens is 440 g/mol. The quantitative estimate of drug-likeness (QED) is 0.319. The van der Waals surface area contributed by atoms with Gasteiger partial charge in [-0.05, 0) is 89.3 Å². The molecule has 1 aliphatic rings. The molecule has 0 saturated heterocycles. The lowest BCUT2D eigenvalue weighted by molar-refractivity contribution is 0.0379. The van der Waals surface area contributed by atoms with Gasteiger partial charge in [0, 0.05) is 4.83 Å². The number of halogens is 1. The highest BCUT2D eigenvalue weighted by Crippen LogP contribution is 2.53. The van der Waals surface area contributed by atoms with E-state index in [0.717, 1.165) is 35.5 Å². The number of alkyl halides is 1. The van der Waals surface area contributed by atoms with E-state index in [2.05, 4.69) is 113 Å². The summed E-state index contributed by atoms with van der Waals surface area (Å²) < 4.78 is 0. The monoisotopic (exact) mass is 498 g/mol. The van der Waals surface area contributed by atoms with Crippen LogP contribution < -0.4 is 0 Å². The van der Waals surface area contributed by atoms with Crippen LogP contribution in [0.25, 0.3) is 0 Å². The lowest BCUT2D eigenvalue weighted by atomic mass is 9.58. The number of hydrogen-bond donors (Lipinski definition) is 0. The summed E-state index contributed by atoms with van der Waals surface area (Å²) in [6, 6.07) is 0. The molecule has 0 heterocycles. The average Bonchev–Trinajstić information content (AvgIpc) is 2.51. The van der Waals surface area contributed by atoms with Gasteiger partial charge >= 0.3 is 0 Å². The van der Waals surface area contributed by atoms with Crippen molar-refractivity contribution in [2.45, 2.75) is 134 Å². The van der Waals surface area contributed by atoms with Crippen LogP contribution in [0.1, 0.15) is 129 Å². The van der Waals surface area contributed by atoms with Gasteiger partial charge in [-0.15, -0.1) is 0 Å². The molecule has 7 unspecified atom stereocenters. The Balaban J connectivity index is 3.04. The Hall–Kier alpha value is 0.480. The summed E-state index contributed by atoms with van der Waals surface area (Å²) >= 11 is 4.26. The molecule has 1 fully saturated rings. The van der Waals surface area contributed by atoms with Crippen molar-refractivity contribution in [2.24, 2.45) is 57.2 Å². The third kappa shape index (κ3) is 8.98.